The van der Waals surface area contributed by atoms with Crippen LogP contribution in [0.2, 0.25) is 10.0 Å². The Labute approximate surface area is 166 Å². The van der Waals surface area contributed by atoms with Gasteiger partial charge in [-0.2, -0.15) is 0 Å². The molecule has 1 amide bonds. The molecule has 0 aromatic heterocycles. The van der Waals surface area contributed by atoms with E-state index in [1.54, 1.807) is 43.3 Å². The first kappa shape index (κ1) is 19.3. The molecule has 6 nitrogen and oxygen atoms in total. The highest BCUT2D eigenvalue weighted by Gasteiger charge is 2.36. The summed E-state index contributed by atoms with van der Waals surface area (Å²) in [6.07, 6.45) is -1.77. The van der Waals surface area contributed by atoms with Crippen LogP contribution in [0.1, 0.15) is 6.92 Å². The van der Waals surface area contributed by atoms with E-state index in [2.05, 4.69) is 0 Å². The first-order chi connectivity index (χ1) is 12.9. The van der Waals surface area contributed by atoms with Crippen LogP contribution in [-0.2, 0) is 14.3 Å². The van der Waals surface area contributed by atoms with Gasteiger partial charge in [-0.05, 0) is 37.3 Å². The van der Waals surface area contributed by atoms with Gasteiger partial charge in [-0.1, -0.05) is 35.3 Å². The lowest BCUT2D eigenvalue weighted by Gasteiger charge is -2.34. The lowest BCUT2D eigenvalue weighted by atomic mass is 10.1. The van der Waals surface area contributed by atoms with Crippen molar-refractivity contribution >= 4 is 40.8 Å². The van der Waals surface area contributed by atoms with Gasteiger partial charge in [0.25, 0.3) is 5.91 Å². The van der Waals surface area contributed by atoms with Gasteiger partial charge in [0.2, 0.25) is 6.10 Å². The van der Waals surface area contributed by atoms with Crippen molar-refractivity contribution in [3.05, 3.63) is 52.5 Å². The monoisotopic (exact) mass is 409 g/mol. The van der Waals surface area contributed by atoms with E-state index in [0.717, 1.165) is 0 Å². The molecule has 0 saturated carbocycles. The van der Waals surface area contributed by atoms with Gasteiger partial charge in [0.15, 0.2) is 6.10 Å². The number of carbonyl (C=O) groups is 2. The van der Waals surface area contributed by atoms with Crippen molar-refractivity contribution in [2.75, 3.05) is 18.6 Å². The van der Waals surface area contributed by atoms with Gasteiger partial charge in [0.1, 0.15) is 11.5 Å². The summed E-state index contributed by atoms with van der Waals surface area (Å²) in [6.45, 7) is 1.63. The van der Waals surface area contributed by atoms with E-state index in [1.807, 2.05) is 0 Å². The molecule has 0 fully saturated rings. The van der Waals surface area contributed by atoms with Crippen molar-refractivity contribution in [3.8, 4) is 11.5 Å². The van der Waals surface area contributed by atoms with Crippen LogP contribution in [-0.4, -0.2) is 37.7 Å². The highest BCUT2D eigenvalue weighted by atomic mass is 35.5. The number of methoxy groups -OCH3 is 1. The molecule has 27 heavy (non-hydrogen) atoms. The van der Waals surface area contributed by atoms with Crippen LogP contribution >= 0.6 is 23.2 Å². The quantitative estimate of drug-likeness (QED) is 0.719. The summed E-state index contributed by atoms with van der Waals surface area (Å²) in [5, 5.41) is 0.770. The Morgan fingerprint density at radius 3 is 2.67 bits per heavy atom. The van der Waals surface area contributed by atoms with Gasteiger partial charge in [-0.3, -0.25) is 4.79 Å². The van der Waals surface area contributed by atoms with Gasteiger partial charge in [0.05, 0.1) is 24.4 Å². The molecule has 1 aliphatic heterocycles. The standard InChI is InChI=1S/C19H17Cl2NO5/c1-11(26-15-8-7-12(20)9-13(15)21)18(23)22-10-17(19(24)25-2)27-16-6-4-3-5-14(16)22/h3-9,11,17H,10H2,1-2H3/t11-,17+/m1/s1. The third kappa shape index (κ3) is 4.12. The average molecular weight is 410 g/mol. The van der Waals surface area contributed by atoms with Crippen LogP contribution in [0.25, 0.3) is 0 Å². The minimum absolute atomic E-state index is 0.0184. The highest BCUT2D eigenvalue weighted by molar-refractivity contribution is 6.35. The fourth-order valence-corrected chi connectivity index (χ4v) is 3.18. The van der Waals surface area contributed by atoms with Crippen LogP contribution < -0.4 is 14.4 Å². The van der Waals surface area contributed by atoms with Crippen molar-refractivity contribution in [2.45, 2.75) is 19.1 Å². The second-order valence-corrected chi connectivity index (χ2v) is 6.72. The Morgan fingerprint density at radius 1 is 1.22 bits per heavy atom. The lowest BCUT2D eigenvalue weighted by molar-refractivity contribution is -0.148. The normalized spacial score (nSPS) is 16.7. The van der Waals surface area contributed by atoms with Crippen molar-refractivity contribution in [1.29, 1.82) is 0 Å². The largest absolute Gasteiger partial charge is 0.479 e. The molecule has 0 aliphatic carbocycles. The summed E-state index contributed by atoms with van der Waals surface area (Å²) >= 11 is 12.0. The van der Waals surface area contributed by atoms with Gasteiger partial charge in [0, 0.05) is 5.02 Å². The van der Waals surface area contributed by atoms with E-state index >= 15 is 0 Å². The molecule has 0 radical (unpaired) electrons. The minimum atomic E-state index is -0.917. The summed E-state index contributed by atoms with van der Waals surface area (Å²) < 4.78 is 16.1. The number of amides is 1. The number of carbonyl (C=O) groups excluding carboxylic acids is 2. The third-order valence-corrected chi connectivity index (χ3v) is 4.58. The molecule has 0 saturated heterocycles. The maximum absolute atomic E-state index is 13.0. The highest BCUT2D eigenvalue weighted by Crippen LogP contribution is 2.34. The summed E-state index contributed by atoms with van der Waals surface area (Å²) in [4.78, 5) is 26.4. The topological polar surface area (TPSA) is 65.1 Å². The maximum atomic E-state index is 13.0. The summed E-state index contributed by atoms with van der Waals surface area (Å²) in [5.74, 6) is -0.139. The molecule has 8 heteroatoms. The number of halogens is 2. The molecule has 0 N–H and O–H groups in total. The fraction of sp³-hybridized carbons (Fsp3) is 0.263. The zero-order valence-electron chi connectivity index (χ0n) is 14.6. The van der Waals surface area contributed by atoms with E-state index in [4.69, 9.17) is 37.4 Å². The maximum Gasteiger partial charge on any atom is 0.348 e. The molecule has 0 spiro atoms. The molecule has 1 heterocycles. The Hall–Kier alpha value is -2.44. The first-order valence-electron chi connectivity index (χ1n) is 8.17. The van der Waals surface area contributed by atoms with Gasteiger partial charge in [-0.25, -0.2) is 4.79 Å². The van der Waals surface area contributed by atoms with Crippen molar-refractivity contribution in [2.24, 2.45) is 0 Å². The predicted octanol–water partition coefficient (Wildman–Crippen LogP) is 3.73. The number of benzene rings is 2. The zero-order valence-corrected chi connectivity index (χ0v) is 16.2. The molecular formula is C19H17Cl2NO5. The molecule has 142 valence electrons. The first-order valence-corrected chi connectivity index (χ1v) is 8.93. The van der Waals surface area contributed by atoms with Gasteiger partial charge in [-0.15, -0.1) is 0 Å². The summed E-state index contributed by atoms with van der Waals surface area (Å²) in [7, 11) is 1.27. The number of ether oxygens (including phenoxy) is 3. The van der Waals surface area contributed by atoms with E-state index in [9.17, 15) is 9.59 Å². The number of nitrogens with zero attached hydrogens (tertiary/aromatic N) is 1. The number of esters is 1. The van der Waals surface area contributed by atoms with Crippen molar-refractivity contribution in [1.82, 2.24) is 0 Å². The van der Waals surface area contributed by atoms with E-state index < -0.39 is 18.2 Å². The van der Waals surface area contributed by atoms with Gasteiger partial charge < -0.3 is 19.1 Å². The molecule has 0 bridgehead atoms. The van der Waals surface area contributed by atoms with Crippen LogP contribution in [0.15, 0.2) is 42.5 Å². The predicted molar refractivity (Wildman–Crippen MR) is 102 cm³/mol. The van der Waals surface area contributed by atoms with Gasteiger partial charge >= 0.3 is 5.97 Å². The minimum Gasteiger partial charge on any atom is -0.479 e. The average Bonchev–Trinajstić information content (AvgIpc) is 2.67. The van der Waals surface area contributed by atoms with E-state index in [-0.39, 0.29) is 12.5 Å². The SMILES string of the molecule is COC(=O)[C@@H]1CN(C(=O)[C@@H](C)Oc2ccc(Cl)cc2Cl)c2ccccc2O1. The molecule has 3 rings (SSSR count). The number of fused-ring (bicyclic) bond motifs is 1. The van der Waals surface area contributed by atoms with Crippen LogP contribution in [0.4, 0.5) is 5.69 Å². The summed E-state index contributed by atoms with van der Waals surface area (Å²) in [5.41, 5.74) is 0.556. The number of hydrogen-bond donors (Lipinski definition) is 0. The number of anilines is 1. The molecule has 0 unspecified atom stereocenters. The van der Waals surface area contributed by atoms with E-state index in [1.165, 1.54) is 18.1 Å². The smallest absolute Gasteiger partial charge is 0.348 e. The summed E-state index contributed by atoms with van der Waals surface area (Å²) in [6, 6.07) is 11.7. The lowest BCUT2D eigenvalue weighted by Crippen LogP contribution is -2.51. The van der Waals surface area contributed by atoms with Crippen molar-refractivity contribution in [3.63, 3.8) is 0 Å². The number of rotatable bonds is 4. The molecular weight excluding hydrogens is 393 g/mol. The van der Waals surface area contributed by atoms with Crippen LogP contribution in [0, 0.1) is 0 Å². The fourth-order valence-electron chi connectivity index (χ4n) is 2.73. The molecule has 1 aliphatic rings. The zero-order chi connectivity index (χ0) is 19.6. The van der Waals surface area contributed by atoms with Crippen LogP contribution in [0.3, 0.4) is 0 Å². The Morgan fingerprint density at radius 2 is 1.96 bits per heavy atom. The van der Waals surface area contributed by atoms with E-state index in [0.29, 0.717) is 27.2 Å². The molecule has 2 atom stereocenters. The molecule has 2 aromatic carbocycles. The second kappa shape index (κ2) is 8.06. The third-order valence-electron chi connectivity index (χ3n) is 4.05. The molecule has 2 aromatic rings. The Kier molecular flexibility index (Phi) is 5.77. The second-order valence-electron chi connectivity index (χ2n) is 5.88. The Balaban J connectivity index is 1.84. The number of para-hydroxylation sites is 2. The van der Waals surface area contributed by atoms with Crippen LogP contribution in [0.5, 0.6) is 11.5 Å². The number of hydrogen-bond acceptors (Lipinski definition) is 5. The van der Waals surface area contributed by atoms with Crippen molar-refractivity contribution < 1.29 is 23.8 Å². The Bertz CT molecular complexity index is 873.